The molecule has 0 radical (unpaired) electrons. The first-order valence-electron chi connectivity index (χ1n) is 10.3. The number of ether oxygens (including phenoxy) is 1. The quantitative estimate of drug-likeness (QED) is 0.889. The third-order valence-electron chi connectivity index (χ3n) is 7.48. The van der Waals surface area contributed by atoms with Gasteiger partial charge in [0.05, 0.1) is 11.6 Å². The summed E-state index contributed by atoms with van der Waals surface area (Å²) < 4.78 is 6.55. The molecule has 3 saturated carbocycles. The number of nitrogens with zero attached hydrogens (tertiary/aromatic N) is 2. The number of nitriles is 1. The zero-order valence-corrected chi connectivity index (χ0v) is 15.6. The first kappa shape index (κ1) is 17.2. The Kier molecular flexibility index (Phi) is 4.22. The molecule has 2 bridgehead atoms. The van der Waals surface area contributed by atoms with Crippen LogP contribution >= 0.6 is 0 Å². The van der Waals surface area contributed by atoms with Crippen molar-refractivity contribution in [3.63, 3.8) is 0 Å². The summed E-state index contributed by atoms with van der Waals surface area (Å²) in [6.07, 6.45) is 5.26. The fourth-order valence-electron chi connectivity index (χ4n) is 6.37. The summed E-state index contributed by atoms with van der Waals surface area (Å²) in [6.45, 7) is 2.01. The van der Waals surface area contributed by atoms with Crippen molar-refractivity contribution < 1.29 is 9.53 Å². The second kappa shape index (κ2) is 6.61. The molecular weight excluding hydrogens is 338 g/mol. The number of hydrogen-bond donors (Lipinski definition) is 1. The van der Waals surface area contributed by atoms with Crippen LogP contribution < -0.4 is 10.5 Å². The van der Waals surface area contributed by atoms with Crippen molar-refractivity contribution in [3.05, 3.63) is 29.8 Å². The van der Waals surface area contributed by atoms with E-state index in [1.165, 1.54) is 0 Å². The minimum Gasteiger partial charge on any atom is -0.488 e. The Morgan fingerprint density at radius 3 is 2.78 bits per heavy atom. The molecule has 5 heteroatoms. The Balaban J connectivity index is 1.43. The van der Waals surface area contributed by atoms with E-state index in [2.05, 4.69) is 11.0 Å². The fraction of sp³-hybridized carbons (Fsp3) is 0.636. The van der Waals surface area contributed by atoms with Crippen molar-refractivity contribution in [2.45, 2.75) is 50.3 Å². The third-order valence-corrected chi connectivity index (χ3v) is 7.48. The molecule has 2 N–H and O–H groups in total. The van der Waals surface area contributed by atoms with Crippen LogP contribution in [0.5, 0.6) is 5.75 Å². The van der Waals surface area contributed by atoms with Crippen LogP contribution in [0.2, 0.25) is 0 Å². The van der Waals surface area contributed by atoms with E-state index in [0.29, 0.717) is 35.1 Å². The summed E-state index contributed by atoms with van der Waals surface area (Å²) in [6, 6.07) is 10.1. The summed E-state index contributed by atoms with van der Waals surface area (Å²) in [5, 5.41) is 9.03. The maximum atomic E-state index is 12.5. The predicted octanol–water partition coefficient (Wildman–Crippen LogP) is 2.34. The zero-order chi connectivity index (χ0) is 18.5. The number of benzene rings is 1. The molecule has 142 valence electrons. The highest BCUT2D eigenvalue weighted by atomic mass is 16.5. The van der Waals surface area contributed by atoms with Crippen LogP contribution in [0.4, 0.5) is 0 Å². The molecule has 1 aliphatic heterocycles. The lowest BCUT2D eigenvalue weighted by Gasteiger charge is -2.39. The van der Waals surface area contributed by atoms with Gasteiger partial charge in [-0.2, -0.15) is 5.26 Å². The van der Waals surface area contributed by atoms with E-state index in [-0.39, 0.29) is 18.1 Å². The summed E-state index contributed by atoms with van der Waals surface area (Å²) in [4.78, 5) is 15.0. The number of piperidine rings is 1. The highest BCUT2D eigenvalue weighted by molar-refractivity contribution is 5.85. The normalized spacial score (nSPS) is 40.7. The maximum Gasteiger partial charge on any atom is 0.136 e. The van der Waals surface area contributed by atoms with Gasteiger partial charge in [0.2, 0.25) is 0 Å². The number of fused-ring (bicyclic) bond motifs is 5. The van der Waals surface area contributed by atoms with Gasteiger partial charge in [-0.05, 0) is 68.3 Å². The highest BCUT2D eigenvalue weighted by Gasteiger charge is 2.61. The Hall–Kier alpha value is -1.90. The first-order valence-corrected chi connectivity index (χ1v) is 10.3. The molecule has 3 aliphatic carbocycles. The van der Waals surface area contributed by atoms with E-state index < -0.39 is 0 Å². The average Bonchev–Trinajstić information content (AvgIpc) is 3.33. The van der Waals surface area contributed by atoms with Crippen molar-refractivity contribution in [1.82, 2.24) is 4.90 Å². The zero-order valence-electron chi connectivity index (χ0n) is 15.6. The number of carbonyl (C=O) groups excluding carboxylic acids is 1. The van der Waals surface area contributed by atoms with E-state index in [0.717, 1.165) is 50.9 Å². The van der Waals surface area contributed by atoms with Gasteiger partial charge in [0.25, 0.3) is 0 Å². The number of Topliss-reactive ketones (excluding diaryl/α,β-unsaturated/α-hetero) is 1. The SMILES string of the molecule is N#Cc1ccc(O[C@@H]2[C@@H]3[C@H](C[C@H]2N2CCC[C@@H](N)C2)[C@@H]2CC(=O)[C@H]3C2)cc1. The molecule has 1 heterocycles. The lowest BCUT2D eigenvalue weighted by atomic mass is 9.80. The number of carbonyl (C=O) groups is 1. The van der Waals surface area contributed by atoms with E-state index in [1.54, 1.807) is 12.1 Å². The molecule has 27 heavy (non-hydrogen) atoms. The number of ketones is 1. The maximum absolute atomic E-state index is 12.5. The number of nitrogens with two attached hydrogens (primary N) is 1. The highest BCUT2D eigenvalue weighted by Crippen LogP contribution is 2.58. The minimum atomic E-state index is 0.0486. The number of hydrogen-bond acceptors (Lipinski definition) is 5. The second-order valence-corrected chi connectivity index (χ2v) is 8.93. The molecule has 0 aromatic heterocycles. The van der Waals surface area contributed by atoms with E-state index in [9.17, 15) is 4.79 Å². The van der Waals surface area contributed by atoms with E-state index >= 15 is 0 Å². The molecule has 0 unspecified atom stereocenters. The van der Waals surface area contributed by atoms with Crippen LogP contribution in [0.15, 0.2) is 24.3 Å². The minimum absolute atomic E-state index is 0.0486. The van der Waals surface area contributed by atoms with Gasteiger partial charge in [-0.15, -0.1) is 0 Å². The third kappa shape index (κ3) is 2.86. The van der Waals surface area contributed by atoms with E-state index in [1.807, 2.05) is 12.1 Å². The summed E-state index contributed by atoms with van der Waals surface area (Å²) in [7, 11) is 0. The molecule has 0 spiro atoms. The molecule has 4 aliphatic rings. The standard InChI is InChI=1S/C22H27N3O2/c23-11-13-3-5-16(6-4-13)27-22-19(25-7-1-2-15(24)12-25)10-17-14-8-18(21(17)22)20(26)9-14/h3-6,14-15,17-19,21-22H,1-2,7-10,12,24H2/t14-,15+,17+,18+,19+,21+,22-/m0/s1. The summed E-state index contributed by atoms with van der Waals surface area (Å²) in [5.74, 6) is 2.95. The molecular formula is C22H27N3O2. The van der Waals surface area contributed by atoms with Gasteiger partial charge < -0.3 is 10.5 Å². The average molecular weight is 365 g/mol. The largest absolute Gasteiger partial charge is 0.488 e. The summed E-state index contributed by atoms with van der Waals surface area (Å²) in [5.41, 5.74) is 6.90. The van der Waals surface area contributed by atoms with Gasteiger partial charge in [-0.3, -0.25) is 9.69 Å². The topological polar surface area (TPSA) is 79.3 Å². The van der Waals surface area contributed by atoms with Crippen molar-refractivity contribution in [2.75, 3.05) is 13.1 Å². The smallest absolute Gasteiger partial charge is 0.136 e. The first-order chi connectivity index (χ1) is 13.1. The molecule has 1 aromatic rings. The molecule has 4 fully saturated rings. The predicted molar refractivity (Wildman–Crippen MR) is 101 cm³/mol. The van der Waals surface area contributed by atoms with Crippen LogP contribution in [-0.4, -0.2) is 42.0 Å². The van der Waals surface area contributed by atoms with Gasteiger partial charge in [-0.1, -0.05) is 0 Å². The lowest BCUT2D eigenvalue weighted by Crippen LogP contribution is -2.52. The Bertz CT molecular complexity index is 771. The van der Waals surface area contributed by atoms with E-state index in [4.69, 9.17) is 15.7 Å². The van der Waals surface area contributed by atoms with Crippen molar-refractivity contribution in [3.8, 4) is 11.8 Å². The Labute approximate surface area is 160 Å². The molecule has 7 atom stereocenters. The lowest BCUT2D eigenvalue weighted by molar-refractivity contribution is -0.125. The Morgan fingerprint density at radius 1 is 1.22 bits per heavy atom. The summed E-state index contributed by atoms with van der Waals surface area (Å²) >= 11 is 0. The van der Waals surface area contributed by atoms with Crippen molar-refractivity contribution in [1.29, 1.82) is 5.26 Å². The molecule has 5 rings (SSSR count). The fourth-order valence-corrected chi connectivity index (χ4v) is 6.37. The van der Waals surface area contributed by atoms with Crippen LogP contribution in [0.1, 0.15) is 37.7 Å². The molecule has 1 saturated heterocycles. The van der Waals surface area contributed by atoms with Gasteiger partial charge in [0.15, 0.2) is 0 Å². The van der Waals surface area contributed by atoms with Crippen LogP contribution in [0.3, 0.4) is 0 Å². The van der Waals surface area contributed by atoms with Crippen LogP contribution in [0.25, 0.3) is 0 Å². The van der Waals surface area contributed by atoms with Crippen molar-refractivity contribution in [2.24, 2.45) is 29.4 Å². The van der Waals surface area contributed by atoms with Gasteiger partial charge in [0, 0.05) is 36.9 Å². The number of likely N-dealkylation sites (tertiary alicyclic amines) is 1. The van der Waals surface area contributed by atoms with Gasteiger partial charge >= 0.3 is 0 Å². The molecule has 0 amide bonds. The van der Waals surface area contributed by atoms with Crippen LogP contribution in [-0.2, 0) is 4.79 Å². The number of rotatable bonds is 3. The second-order valence-electron chi connectivity index (χ2n) is 8.93. The van der Waals surface area contributed by atoms with Gasteiger partial charge in [0.1, 0.15) is 17.6 Å². The van der Waals surface area contributed by atoms with Crippen molar-refractivity contribution >= 4 is 5.78 Å². The Morgan fingerprint density at radius 2 is 2.04 bits per heavy atom. The molecule has 5 nitrogen and oxygen atoms in total. The monoisotopic (exact) mass is 365 g/mol. The van der Waals surface area contributed by atoms with Crippen LogP contribution in [0, 0.1) is 35.0 Å². The molecule has 1 aromatic carbocycles. The van der Waals surface area contributed by atoms with Gasteiger partial charge in [-0.25, -0.2) is 0 Å².